The van der Waals surface area contributed by atoms with Crippen molar-refractivity contribution in [1.29, 1.82) is 0 Å². The van der Waals surface area contributed by atoms with Gasteiger partial charge in [0, 0.05) is 18.3 Å². The second kappa shape index (κ2) is 5.26. The molecule has 1 heterocycles. The molecule has 1 fully saturated rings. The first kappa shape index (κ1) is 13.3. The molecule has 0 radical (unpaired) electrons. The zero-order valence-electron chi connectivity index (χ0n) is 10.8. The summed E-state index contributed by atoms with van der Waals surface area (Å²) in [5.41, 5.74) is 0.685. The van der Waals surface area contributed by atoms with Crippen LogP contribution in [0.3, 0.4) is 0 Å². The van der Waals surface area contributed by atoms with Gasteiger partial charge in [-0.15, -0.1) is 0 Å². The predicted octanol–water partition coefficient (Wildman–Crippen LogP) is 1.52. The van der Waals surface area contributed by atoms with Crippen LogP contribution in [0.25, 0.3) is 0 Å². The molecular formula is C13H17N3O3. The molecular weight excluding hydrogens is 246 g/mol. The van der Waals surface area contributed by atoms with E-state index in [1.54, 1.807) is 6.07 Å². The number of carboxylic acids is 1. The van der Waals surface area contributed by atoms with Gasteiger partial charge in [0.05, 0.1) is 0 Å². The van der Waals surface area contributed by atoms with Crippen molar-refractivity contribution in [3.8, 4) is 0 Å². The van der Waals surface area contributed by atoms with E-state index < -0.39 is 5.97 Å². The Hall–Kier alpha value is -2.11. The number of pyridine rings is 1. The molecule has 1 saturated carbocycles. The fourth-order valence-electron chi connectivity index (χ4n) is 1.99. The van der Waals surface area contributed by atoms with Gasteiger partial charge in [-0.1, -0.05) is 6.07 Å². The number of hydrogen-bond acceptors (Lipinski definition) is 3. The first-order valence-corrected chi connectivity index (χ1v) is 6.23. The average molecular weight is 263 g/mol. The Bertz CT molecular complexity index is 480. The Kier molecular flexibility index (Phi) is 3.69. The highest BCUT2D eigenvalue weighted by molar-refractivity contribution is 5.85. The van der Waals surface area contributed by atoms with Gasteiger partial charge in [-0.25, -0.2) is 14.6 Å². The van der Waals surface area contributed by atoms with Gasteiger partial charge in [-0.05, 0) is 37.8 Å². The van der Waals surface area contributed by atoms with E-state index in [1.807, 2.05) is 6.92 Å². The highest BCUT2D eigenvalue weighted by Gasteiger charge is 2.32. The van der Waals surface area contributed by atoms with Crippen LogP contribution in [0.15, 0.2) is 18.3 Å². The lowest BCUT2D eigenvalue weighted by atomic mass is 9.79. The van der Waals surface area contributed by atoms with Crippen molar-refractivity contribution in [2.45, 2.75) is 38.3 Å². The highest BCUT2D eigenvalue weighted by Crippen LogP contribution is 2.30. The van der Waals surface area contributed by atoms with Crippen molar-refractivity contribution < 1.29 is 14.7 Å². The van der Waals surface area contributed by atoms with Crippen LogP contribution < -0.4 is 10.6 Å². The summed E-state index contributed by atoms with van der Waals surface area (Å²) < 4.78 is 0. The molecule has 0 atom stereocenters. The summed E-state index contributed by atoms with van der Waals surface area (Å²) in [5.74, 6) is -1.06. The van der Waals surface area contributed by atoms with Crippen LogP contribution in [-0.4, -0.2) is 27.6 Å². The Morgan fingerprint density at radius 2 is 2.16 bits per heavy atom. The Morgan fingerprint density at radius 1 is 1.42 bits per heavy atom. The number of aromatic nitrogens is 1. The van der Waals surface area contributed by atoms with Crippen molar-refractivity contribution in [3.05, 3.63) is 29.6 Å². The van der Waals surface area contributed by atoms with Crippen LogP contribution in [0.5, 0.6) is 0 Å². The molecule has 2 rings (SSSR count). The van der Waals surface area contributed by atoms with Crippen LogP contribution in [-0.2, 0) is 6.54 Å². The zero-order chi connectivity index (χ0) is 13.9. The van der Waals surface area contributed by atoms with E-state index in [0.29, 0.717) is 6.54 Å². The average Bonchev–Trinajstić information content (AvgIpc) is 2.35. The van der Waals surface area contributed by atoms with Crippen molar-refractivity contribution in [3.63, 3.8) is 0 Å². The lowest BCUT2D eigenvalue weighted by molar-refractivity contribution is 0.0690. The van der Waals surface area contributed by atoms with E-state index in [9.17, 15) is 9.59 Å². The highest BCUT2D eigenvalue weighted by atomic mass is 16.4. The van der Waals surface area contributed by atoms with Gasteiger partial charge >= 0.3 is 12.0 Å². The molecule has 0 aliphatic heterocycles. The largest absolute Gasteiger partial charge is 0.477 e. The zero-order valence-corrected chi connectivity index (χ0v) is 10.8. The Labute approximate surface area is 111 Å². The first-order chi connectivity index (χ1) is 8.98. The van der Waals surface area contributed by atoms with Gasteiger partial charge in [0.2, 0.25) is 0 Å². The van der Waals surface area contributed by atoms with Crippen LogP contribution >= 0.6 is 0 Å². The molecule has 0 spiro atoms. The molecule has 1 aromatic rings. The topological polar surface area (TPSA) is 91.3 Å². The molecule has 1 aliphatic rings. The van der Waals surface area contributed by atoms with Crippen molar-refractivity contribution in [2.75, 3.05) is 0 Å². The van der Waals surface area contributed by atoms with Gasteiger partial charge < -0.3 is 15.7 Å². The van der Waals surface area contributed by atoms with Gasteiger partial charge in [-0.3, -0.25) is 0 Å². The van der Waals surface area contributed by atoms with Gasteiger partial charge in [0.25, 0.3) is 0 Å². The predicted molar refractivity (Wildman–Crippen MR) is 68.8 cm³/mol. The number of urea groups is 1. The molecule has 3 N–H and O–H groups in total. The molecule has 0 aromatic carbocycles. The maximum atomic E-state index is 11.7. The molecule has 6 heteroatoms. The number of carbonyl (C=O) groups is 2. The van der Waals surface area contributed by atoms with Gasteiger partial charge in [0.15, 0.2) is 0 Å². The normalized spacial score (nSPS) is 16.3. The minimum atomic E-state index is -1.06. The smallest absolute Gasteiger partial charge is 0.354 e. The second-order valence-corrected chi connectivity index (χ2v) is 5.08. The standard InChI is InChI=1S/C13H17N3O3/c1-13(5-2-6-13)16-12(19)15-8-9-3-4-10(11(17)18)14-7-9/h3-4,7H,2,5-6,8H2,1H3,(H,17,18)(H2,15,16,19). The fraction of sp³-hybridized carbons (Fsp3) is 0.462. The number of carboxylic acid groups (broad SMARTS) is 1. The summed E-state index contributed by atoms with van der Waals surface area (Å²) in [6.07, 6.45) is 4.62. The maximum absolute atomic E-state index is 11.7. The van der Waals surface area contributed by atoms with Crippen LogP contribution in [0.2, 0.25) is 0 Å². The van der Waals surface area contributed by atoms with Crippen LogP contribution in [0.4, 0.5) is 4.79 Å². The molecule has 0 bridgehead atoms. The van der Waals surface area contributed by atoms with Crippen LogP contribution in [0.1, 0.15) is 42.2 Å². The molecule has 102 valence electrons. The summed E-state index contributed by atoms with van der Waals surface area (Å²) in [6.45, 7) is 2.36. The summed E-state index contributed by atoms with van der Waals surface area (Å²) in [4.78, 5) is 26.1. The summed E-state index contributed by atoms with van der Waals surface area (Å²) >= 11 is 0. The summed E-state index contributed by atoms with van der Waals surface area (Å²) in [5, 5.41) is 14.4. The first-order valence-electron chi connectivity index (χ1n) is 6.23. The number of nitrogens with one attached hydrogen (secondary N) is 2. The number of carbonyl (C=O) groups excluding carboxylic acids is 1. The van der Waals surface area contributed by atoms with E-state index in [0.717, 1.165) is 24.8 Å². The third-order valence-electron chi connectivity index (χ3n) is 3.37. The quantitative estimate of drug-likeness (QED) is 0.768. The van der Waals surface area contributed by atoms with Crippen molar-refractivity contribution in [2.24, 2.45) is 0 Å². The SMILES string of the molecule is CC1(NC(=O)NCc2ccc(C(=O)O)nc2)CCC1. The third kappa shape index (κ3) is 3.43. The molecule has 1 aliphatic carbocycles. The summed E-state index contributed by atoms with van der Waals surface area (Å²) in [7, 11) is 0. The molecule has 19 heavy (non-hydrogen) atoms. The minimum Gasteiger partial charge on any atom is -0.477 e. The monoisotopic (exact) mass is 263 g/mol. The number of hydrogen-bond donors (Lipinski definition) is 3. The van der Waals surface area contributed by atoms with Gasteiger partial charge in [0.1, 0.15) is 5.69 Å². The van der Waals surface area contributed by atoms with E-state index in [1.165, 1.54) is 12.3 Å². The summed E-state index contributed by atoms with van der Waals surface area (Å²) in [6, 6.07) is 2.86. The Balaban J connectivity index is 1.81. The van der Waals surface area contributed by atoms with Crippen molar-refractivity contribution in [1.82, 2.24) is 15.6 Å². The number of aromatic carboxylic acids is 1. The Morgan fingerprint density at radius 3 is 2.63 bits per heavy atom. The van der Waals surface area contributed by atoms with Gasteiger partial charge in [-0.2, -0.15) is 0 Å². The van der Waals surface area contributed by atoms with E-state index >= 15 is 0 Å². The third-order valence-corrected chi connectivity index (χ3v) is 3.37. The lowest BCUT2D eigenvalue weighted by Crippen LogP contribution is -2.54. The second-order valence-electron chi connectivity index (χ2n) is 5.08. The molecule has 1 aromatic heterocycles. The molecule has 6 nitrogen and oxygen atoms in total. The minimum absolute atomic E-state index is 0.00446. The molecule has 0 unspecified atom stereocenters. The number of nitrogens with zero attached hydrogens (tertiary/aromatic N) is 1. The van der Waals surface area contributed by atoms with E-state index in [2.05, 4.69) is 15.6 Å². The lowest BCUT2D eigenvalue weighted by Gasteiger charge is -2.39. The van der Waals surface area contributed by atoms with E-state index in [-0.39, 0.29) is 17.3 Å². The van der Waals surface area contributed by atoms with Crippen LogP contribution in [0, 0.1) is 0 Å². The van der Waals surface area contributed by atoms with Crippen molar-refractivity contribution >= 4 is 12.0 Å². The fourth-order valence-corrected chi connectivity index (χ4v) is 1.99. The molecule has 0 saturated heterocycles. The molecule has 2 amide bonds. The number of amides is 2. The number of rotatable bonds is 4. The van der Waals surface area contributed by atoms with E-state index in [4.69, 9.17) is 5.11 Å². The maximum Gasteiger partial charge on any atom is 0.354 e.